The maximum atomic E-state index is 12.7. The summed E-state index contributed by atoms with van der Waals surface area (Å²) < 4.78 is 38.0. The van der Waals surface area contributed by atoms with Gasteiger partial charge in [0, 0.05) is 0 Å². The lowest BCUT2D eigenvalue weighted by Gasteiger charge is -2.09. The van der Waals surface area contributed by atoms with Crippen LogP contribution < -0.4 is 0 Å². The summed E-state index contributed by atoms with van der Waals surface area (Å²) in [4.78, 5) is 6.47. The highest BCUT2D eigenvalue weighted by molar-refractivity contribution is 6.32. The number of nitrogens with zero attached hydrogens (tertiary/aromatic N) is 1. The fraction of sp³-hybridized carbons (Fsp3) is 0.222. The van der Waals surface area contributed by atoms with Crippen molar-refractivity contribution in [1.82, 2.24) is 9.97 Å². The van der Waals surface area contributed by atoms with Crippen molar-refractivity contribution in [3.05, 3.63) is 28.5 Å². The maximum Gasteiger partial charge on any atom is 0.419 e. The molecule has 2 aromatic rings. The smallest absolute Gasteiger partial charge is 0.342 e. The monoisotopic (exact) mass is 234 g/mol. The molecule has 80 valence electrons. The van der Waals surface area contributed by atoms with E-state index in [0.29, 0.717) is 5.82 Å². The molecule has 2 rings (SSSR count). The number of alkyl halides is 3. The van der Waals surface area contributed by atoms with Crippen LogP contribution in [0.1, 0.15) is 11.4 Å². The van der Waals surface area contributed by atoms with Gasteiger partial charge in [-0.25, -0.2) is 4.98 Å². The van der Waals surface area contributed by atoms with Crippen molar-refractivity contribution in [2.45, 2.75) is 13.1 Å². The molecule has 0 aliphatic heterocycles. The molecule has 0 atom stereocenters. The van der Waals surface area contributed by atoms with Crippen LogP contribution in [0.4, 0.5) is 13.2 Å². The van der Waals surface area contributed by atoms with Crippen molar-refractivity contribution in [3.63, 3.8) is 0 Å². The molecule has 0 aliphatic carbocycles. The van der Waals surface area contributed by atoms with Crippen LogP contribution in [0.2, 0.25) is 5.02 Å². The summed E-state index contributed by atoms with van der Waals surface area (Å²) in [7, 11) is 0. The molecule has 1 N–H and O–H groups in total. The van der Waals surface area contributed by atoms with Gasteiger partial charge in [-0.3, -0.25) is 0 Å². The van der Waals surface area contributed by atoms with Crippen LogP contribution in [0.3, 0.4) is 0 Å². The number of aryl methyl sites for hydroxylation is 1. The first-order valence-corrected chi connectivity index (χ1v) is 4.49. The second kappa shape index (κ2) is 3.13. The van der Waals surface area contributed by atoms with Crippen LogP contribution >= 0.6 is 11.6 Å². The van der Waals surface area contributed by atoms with E-state index in [1.165, 1.54) is 12.1 Å². The van der Waals surface area contributed by atoms with Gasteiger partial charge in [0.05, 0.1) is 21.6 Å². The van der Waals surface area contributed by atoms with E-state index in [0.717, 1.165) is 0 Å². The molecule has 0 saturated carbocycles. The van der Waals surface area contributed by atoms with Crippen molar-refractivity contribution >= 4 is 22.6 Å². The summed E-state index contributed by atoms with van der Waals surface area (Å²) in [6.07, 6.45) is -4.48. The molecule has 6 heteroatoms. The number of imidazole rings is 1. The van der Waals surface area contributed by atoms with Gasteiger partial charge in [0.2, 0.25) is 0 Å². The molecule has 15 heavy (non-hydrogen) atoms. The second-order valence-electron chi connectivity index (χ2n) is 3.14. The molecule has 0 bridgehead atoms. The molecule has 0 amide bonds. The Hall–Kier alpha value is -1.23. The molecular formula is C9H6ClF3N2. The predicted molar refractivity (Wildman–Crippen MR) is 50.8 cm³/mol. The number of rotatable bonds is 0. The van der Waals surface area contributed by atoms with Gasteiger partial charge < -0.3 is 4.98 Å². The van der Waals surface area contributed by atoms with E-state index in [9.17, 15) is 13.2 Å². The van der Waals surface area contributed by atoms with Gasteiger partial charge in [0.25, 0.3) is 0 Å². The van der Waals surface area contributed by atoms with Gasteiger partial charge in [-0.2, -0.15) is 13.2 Å². The SMILES string of the molecule is Cc1nc2ccc(Cl)c(C(F)(F)F)c2[nH]1. The number of nitrogens with one attached hydrogen (secondary N) is 1. The first-order valence-electron chi connectivity index (χ1n) is 4.11. The summed E-state index contributed by atoms with van der Waals surface area (Å²) in [6.45, 7) is 1.59. The van der Waals surface area contributed by atoms with Crippen LogP contribution in [-0.2, 0) is 6.18 Å². The van der Waals surface area contributed by atoms with Crippen LogP contribution in [0.25, 0.3) is 11.0 Å². The Morgan fingerprint density at radius 2 is 2.00 bits per heavy atom. The minimum atomic E-state index is -4.48. The number of aromatic nitrogens is 2. The van der Waals surface area contributed by atoms with Gasteiger partial charge >= 0.3 is 6.18 Å². The molecule has 0 radical (unpaired) electrons. The zero-order valence-corrected chi connectivity index (χ0v) is 8.37. The number of fused-ring (bicyclic) bond motifs is 1. The van der Waals surface area contributed by atoms with E-state index < -0.39 is 11.7 Å². The fourth-order valence-corrected chi connectivity index (χ4v) is 1.72. The van der Waals surface area contributed by atoms with E-state index in [2.05, 4.69) is 9.97 Å². The van der Waals surface area contributed by atoms with E-state index in [-0.39, 0.29) is 16.1 Å². The van der Waals surface area contributed by atoms with Crippen molar-refractivity contribution in [2.75, 3.05) is 0 Å². The molecule has 0 spiro atoms. The molecule has 2 nitrogen and oxygen atoms in total. The number of hydrogen-bond acceptors (Lipinski definition) is 1. The third-order valence-electron chi connectivity index (χ3n) is 2.01. The first kappa shape index (κ1) is 10.3. The summed E-state index contributed by atoms with van der Waals surface area (Å²) in [6, 6.07) is 2.66. The zero-order chi connectivity index (χ0) is 11.2. The maximum absolute atomic E-state index is 12.7. The summed E-state index contributed by atoms with van der Waals surface area (Å²) in [5, 5.41) is -0.321. The Labute approximate surface area is 88.1 Å². The summed E-state index contributed by atoms with van der Waals surface area (Å²) in [5.74, 6) is 0.428. The third kappa shape index (κ3) is 1.67. The highest BCUT2D eigenvalue weighted by Gasteiger charge is 2.36. The lowest BCUT2D eigenvalue weighted by molar-refractivity contribution is -0.136. The quantitative estimate of drug-likeness (QED) is 0.742. The standard InChI is InChI=1S/C9H6ClF3N2/c1-4-14-6-3-2-5(10)7(8(6)15-4)9(11,12)13/h2-3H,1H3,(H,14,15). The Morgan fingerprint density at radius 1 is 1.33 bits per heavy atom. The highest BCUT2D eigenvalue weighted by atomic mass is 35.5. The van der Waals surface area contributed by atoms with E-state index in [1.807, 2.05) is 0 Å². The largest absolute Gasteiger partial charge is 0.419 e. The average molecular weight is 235 g/mol. The number of halogens is 4. The molecule has 0 fully saturated rings. The molecule has 1 aromatic heterocycles. The Morgan fingerprint density at radius 3 is 2.60 bits per heavy atom. The first-order chi connectivity index (χ1) is 6.89. The van der Waals surface area contributed by atoms with Crippen LogP contribution in [0, 0.1) is 6.92 Å². The molecule has 0 saturated heterocycles. The predicted octanol–water partition coefficient (Wildman–Crippen LogP) is 3.54. The Balaban J connectivity index is 2.85. The van der Waals surface area contributed by atoms with Gasteiger partial charge in [-0.15, -0.1) is 0 Å². The lowest BCUT2D eigenvalue weighted by atomic mass is 10.2. The Kier molecular flexibility index (Phi) is 2.15. The van der Waals surface area contributed by atoms with Gasteiger partial charge in [-0.1, -0.05) is 11.6 Å². The van der Waals surface area contributed by atoms with Crippen molar-refractivity contribution < 1.29 is 13.2 Å². The van der Waals surface area contributed by atoms with Gasteiger partial charge in [-0.05, 0) is 19.1 Å². The van der Waals surface area contributed by atoms with Gasteiger partial charge in [0.15, 0.2) is 0 Å². The minimum Gasteiger partial charge on any atom is -0.342 e. The molecule has 0 aliphatic rings. The van der Waals surface area contributed by atoms with Crippen molar-refractivity contribution in [1.29, 1.82) is 0 Å². The van der Waals surface area contributed by atoms with Gasteiger partial charge in [0.1, 0.15) is 5.82 Å². The van der Waals surface area contributed by atoms with E-state index in [4.69, 9.17) is 11.6 Å². The normalized spacial score (nSPS) is 12.3. The molecule has 1 heterocycles. The minimum absolute atomic E-state index is 0.0625. The molecular weight excluding hydrogens is 229 g/mol. The Bertz CT molecular complexity index is 516. The zero-order valence-electron chi connectivity index (χ0n) is 7.61. The highest BCUT2D eigenvalue weighted by Crippen LogP contribution is 2.38. The van der Waals surface area contributed by atoms with E-state index in [1.54, 1.807) is 6.92 Å². The fourth-order valence-electron chi connectivity index (χ4n) is 1.45. The van der Waals surface area contributed by atoms with Crippen LogP contribution in [0.5, 0.6) is 0 Å². The average Bonchev–Trinajstić information content (AvgIpc) is 2.41. The van der Waals surface area contributed by atoms with E-state index >= 15 is 0 Å². The number of benzene rings is 1. The topological polar surface area (TPSA) is 28.7 Å². The summed E-state index contributed by atoms with van der Waals surface area (Å²) >= 11 is 5.53. The van der Waals surface area contributed by atoms with Crippen LogP contribution in [0.15, 0.2) is 12.1 Å². The second-order valence-corrected chi connectivity index (χ2v) is 3.54. The third-order valence-corrected chi connectivity index (χ3v) is 2.33. The van der Waals surface area contributed by atoms with Crippen molar-refractivity contribution in [2.24, 2.45) is 0 Å². The number of aromatic amines is 1. The number of H-pyrrole nitrogens is 1. The molecule has 0 unspecified atom stereocenters. The van der Waals surface area contributed by atoms with Crippen molar-refractivity contribution in [3.8, 4) is 0 Å². The number of hydrogen-bond donors (Lipinski definition) is 1. The lowest BCUT2D eigenvalue weighted by Crippen LogP contribution is -2.06. The molecule has 1 aromatic carbocycles. The summed E-state index contributed by atoms with van der Waals surface area (Å²) in [5.41, 5.74) is -0.654. The van der Waals surface area contributed by atoms with Crippen LogP contribution in [-0.4, -0.2) is 9.97 Å².